The number of nitrogens with zero attached hydrogens (tertiary/aromatic N) is 1. The Labute approximate surface area is 190 Å². The van der Waals surface area contributed by atoms with Crippen LogP contribution in [0.25, 0.3) is 11.1 Å². The number of amides is 2. The van der Waals surface area contributed by atoms with E-state index < -0.39 is 12.1 Å². The number of carbonyl (C=O) groups excluding carboxylic acids is 2. The third-order valence-electron chi connectivity index (χ3n) is 5.64. The van der Waals surface area contributed by atoms with Gasteiger partial charge >= 0.3 is 12.1 Å². The van der Waals surface area contributed by atoms with Crippen molar-refractivity contribution in [2.75, 3.05) is 20.2 Å². The number of alkyl carbamates (subject to hydrolysis) is 1. The second-order valence-corrected chi connectivity index (χ2v) is 7.82. The molecule has 1 aliphatic rings. The van der Waals surface area contributed by atoms with E-state index in [1.807, 2.05) is 36.4 Å². The molecule has 0 saturated carbocycles. The van der Waals surface area contributed by atoms with Crippen molar-refractivity contribution in [3.63, 3.8) is 0 Å². The average Bonchev–Trinajstić information content (AvgIpc) is 3.40. The summed E-state index contributed by atoms with van der Waals surface area (Å²) in [5.41, 5.74) is 4.57. The molecular formula is C25H24N2O6. The van der Waals surface area contributed by atoms with Crippen LogP contribution in [-0.2, 0) is 16.1 Å². The first-order valence-corrected chi connectivity index (χ1v) is 10.6. The van der Waals surface area contributed by atoms with E-state index in [1.165, 1.54) is 17.0 Å². The zero-order chi connectivity index (χ0) is 23.4. The molecule has 2 N–H and O–H groups in total. The molecule has 0 aliphatic heterocycles. The predicted molar refractivity (Wildman–Crippen MR) is 120 cm³/mol. The Balaban J connectivity index is 1.24. The molecule has 170 valence electrons. The lowest BCUT2D eigenvalue weighted by Crippen LogP contribution is -2.32. The molecule has 2 amide bonds. The van der Waals surface area contributed by atoms with Crippen molar-refractivity contribution >= 4 is 18.0 Å². The second kappa shape index (κ2) is 9.60. The van der Waals surface area contributed by atoms with Crippen LogP contribution in [-0.4, -0.2) is 48.2 Å². The third-order valence-corrected chi connectivity index (χ3v) is 5.64. The molecule has 0 atom stereocenters. The van der Waals surface area contributed by atoms with Crippen LogP contribution in [0.5, 0.6) is 0 Å². The first-order valence-electron chi connectivity index (χ1n) is 10.6. The summed E-state index contributed by atoms with van der Waals surface area (Å²) in [6.45, 7) is 0.466. The smallest absolute Gasteiger partial charge is 0.407 e. The van der Waals surface area contributed by atoms with E-state index in [1.54, 1.807) is 7.05 Å². The number of benzene rings is 2. The molecule has 33 heavy (non-hydrogen) atoms. The Morgan fingerprint density at radius 2 is 1.64 bits per heavy atom. The zero-order valence-corrected chi connectivity index (χ0v) is 18.1. The number of carboxylic acids is 1. The molecule has 0 spiro atoms. The highest BCUT2D eigenvalue weighted by atomic mass is 16.5. The van der Waals surface area contributed by atoms with Crippen LogP contribution in [0.15, 0.2) is 65.1 Å². The fraction of sp³-hybridized carbons (Fsp3) is 0.240. The number of carboxylic acid groups (broad SMARTS) is 1. The highest BCUT2D eigenvalue weighted by Gasteiger charge is 2.29. The van der Waals surface area contributed by atoms with Gasteiger partial charge in [-0.1, -0.05) is 48.5 Å². The average molecular weight is 448 g/mol. The van der Waals surface area contributed by atoms with Gasteiger partial charge in [-0.3, -0.25) is 4.79 Å². The van der Waals surface area contributed by atoms with Crippen LogP contribution in [0.3, 0.4) is 0 Å². The highest BCUT2D eigenvalue weighted by Crippen LogP contribution is 2.44. The number of hydrogen-bond acceptors (Lipinski definition) is 5. The van der Waals surface area contributed by atoms with Crippen LogP contribution in [0.1, 0.15) is 39.8 Å². The number of carbonyl (C=O) groups is 3. The summed E-state index contributed by atoms with van der Waals surface area (Å²) in [4.78, 5) is 36.8. The molecule has 1 heterocycles. The van der Waals surface area contributed by atoms with Gasteiger partial charge in [0.15, 0.2) is 0 Å². The molecule has 0 saturated heterocycles. The normalized spacial score (nSPS) is 12.0. The minimum absolute atomic E-state index is 0.0279. The molecule has 3 aromatic rings. The van der Waals surface area contributed by atoms with Crippen molar-refractivity contribution in [2.24, 2.45) is 0 Å². The summed E-state index contributed by atoms with van der Waals surface area (Å²) in [6, 6.07) is 19.0. The fourth-order valence-corrected chi connectivity index (χ4v) is 4.01. The van der Waals surface area contributed by atoms with Crippen molar-refractivity contribution in [3.05, 3.63) is 83.3 Å². The monoisotopic (exact) mass is 448 g/mol. The topological polar surface area (TPSA) is 109 Å². The van der Waals surface area contributed by atoms with E-state index >= 15 is 0 Å². The molecule has 1 aromatic heterocycles. The Morgan fingerprint density at radius 3 is 2.24 bits per heavy atom. The van der Waals surface area contributed by atoms with Crippen molar-refractivity contribution in [2.45, 2.75) is 18.9 Å². The Morgan fingerprint density at radius 1 is 1.00 bits per heavy atom. The lowest BCUT2D eigenvalue weighted by molar-refractivity contribution is -0.130. The lowest BCUT2D eigenvalue weighted by atomic mass is 9.98. The predicted octanol–water partition coefficient (Wildman–Crippen LogP) is 3.87. The quantitative estimate of drug-likeness (QED) is 0.542. The molecule has 1 aliphatic carbocycles. The molecule has 4 rings (SSSR count). The summed E-state index contributed by atoms with van der Waals surface area (Å²) in [6.07, 6.45) is -0.503. The molecular weight excluding hydrogens is 424 g/mol. The van der Waals surface area contributed by atoms with Crippen LogP contribution in [0.2, 0.25) is 0 Å². The summed E-state index contributed by atoms with van der Waals surface area (Å²) in [5.74, 6) is -1.22. The van der Waals surface area contributed by atoms with Gasteiger partial charge in [0.1, 0.15) is 12.4 Å². The number of furan rings is 1. The largest absolute Gasteiger partial charge is 0.475 e. The van der Waals surface area contributed by atoms with E-state index in [0.29, 0.717) is 5.76 Å². The number of nitrogens with one attached hydrogen (secondary N) is 1. The van der Waals surface area contributed by atoms with Crippen molar-refractivity contribution in [1.82, 2.24) is 10.2 Å². The molecule has 8 heteroatoms. The first-order chi connectivity index (χ1) is 15.9. The van der Waals surface area contributed by atoms with Gasteiger partial charge in [-0.05, 0) is 34.4 Å². The van der Waals surface area contributed by atoms with Gasteiger partial charge in [0.05, 0.1) is 6.54 Å². The van der Waals surface area contributed by atoms with Gasteiger partial charge in [-0.25, -0.2) is 9.59 Å². The second-order valence-electron chi connectivity index (χ2n) is 7.82. The minimum Gasteiger partial charge on any atom is -0.475 e. The number of rotatable bonds is 8. The fourth-order valence-electron chi connectivity index (χ4n) is 4.01. The van der Waals surface area contributed by atoms with Crippen molar-refractivity contribution < 1.29 is 28.6 Å². The first kappa shape index (κ1) is 22.1. The number of hydrogen-bond donors (Lipinski definition) is 2. The van der Waals surface area contributed by atoms with Crippen molar-refractivity contribution in [1.29, 1.82) is 0 Å². The van der Waals surface area contributed by atoms with Gasteiger partial charge < -0.3 is 24.5 Å². The summed E-state index contributed by atoms with van der Waals surface area (Å²) >= 11 is 0. The number of ether oxygens (including phenoxy) is 1. The standard InChI is InChI=1S/C25H24N2O6/c1-27(14-16-10-11-22(33-16)24(29)30)23(28)12-13-26-25(31)32-15-21-19-8-4-2-6-17(19)18-7-3-5-9-20(18)21/h2-11,21H,12-15H2,1H3,(H,26,31)(H,29,30). The molecule has 0 bridgehead atoms. The van der Waals surface area contributed by atoms with Gasteiger partial charge in [0.25, 0.3) is 0 Å². The zero-order valence-electron chi connectivity index (χ0n) is 18.1. The SMILES string of the molecule is CN(Cc1ccc(C(=O)O)o1)C(=O)CCNC(=O)OCC1c2ccccc2-c2ccccc21. The van der Waals surface area contributed by atoms with Crippen LogP contribution >= 0.6 is 0 Å². The third kappa shape index (κ3) is 4.90. The van der Waals surface area contributed by atoms with Crippen LogP contribution < -0.4 is 5.32 Å². The molecule has 8 nitrogen and oxygen atoms in total. The summed E-state index contributed by atoms with van der Waals surface area (Å²) < 4.78 is 10.6. The van der Waals surface area contributed by atoms with Gasteiger partial charge in [-0.15, -0.1) is 0 Å². The Kier molecular flexibility index (Phi) is 6.44. The van der Waals surface area contributed by atoms with Gasteiger partial charge in [0.2, 0.25) is 11.7 Å². The summed E-state index contributed by atoms with van der Waals surface area (Å²) in [5, 5.41) is 11.5. The van der Waals surface area contributed by atoms with E-state index in [-0.39, 0.29) is 43.7 Å². The Bertz CT molecular complexity index is 1140. The number of aromatic carboxylic acids is 1. The molecule has 2 aromatic carbocycles. The maximum Gasteiger partial charge on any atom is 0.407 e. The lowest BCUT2D eigenvalue weighted by Gasteiger charge is -2.16. The molecule has 0 radical (unpaired) electrons. The van der Waals surface area contributed by atoms with E-state index in [2.05, 4.69) is 17.4 Å². The molecule has 0 fully saturated rings. The van der Waals surface area contributed by atoms with Crippen LogP contribution in [0.4, 0.5) is 4.79 Å². The van der Waals surface area contributed by atoms with E-state index in [4.69, 9.17) is 14.3 Å². The summed E-state index contributed by atoms with van der Waals surface area (Å²) in [7, 11) is 1.58. The number of fused-ring (bicyclic) bond motifs is 3. The maximum atomic E-state index is 12.3. The van der Waals surface area contributed by atoms with Gasteiger partial charge in [0, 0.05) is 25.9 Å². The highest BCUT2D eigenvalue weighted by molar-refractivity contribution is 5.84. The van der Waals surface area contributed by atoms with Crippen LogP contribution in [0, 0.1) is 0 Å². The Hall–Kier alpha value is -4.07. The van der Waals surface area contributed by atoms with E-state index in [0.717, 1.165) is 22.3 Å². The minimum atomic E-state index is -1.16. The van der Waals surface area contributed by atoms with Crippen molar-refractivity contribution in [3.8, 4) is 11.1 Å². The molecule has 0 unspecified atom stereocenters. The van der Waals surface area contributed by atoms with E-state index in [9.17, 15) is 14.4 Å². The maximum absolute atomic E-state index is 12.3. The van der Waals surface area contributed by atoms with Gasteiger partial charge in [-0.2, -0.15) is 0 Å².